The molecule has 0 radical (unpaired) electrons. The molecule has 5 rings (SSSR count). The summed E-state index contributed by atoms with van der Waals surface area (Å²) in [6.07, 6.45) is 3.49. The van der Waals surface area contributed by atoms with Crippen LogP contribution in [0.3, 0.4) is 0 Å². The summed E-state index contributed by atoms with van der Waals surface area (Å²) in [5, 5.41) is 15.2. The fourth-order valence-electron chi connectivity index (χ4n) is 3.78. The van der Waals surface area contributed by atoms with E-state index in [-0.39, 0.29) is 5.56 Å². The van der Waals surface area contributed by atoms with Gasteiger partial charge in [-0.2, -0.15) is 4.98 Å². The molecule has 0 amide bonds. The number of nitrogens with one attached hydrogen (secondary N) is 1. The topological polar surface area (TPSA) is 102 Å². The maximum atomic E-state index is 11.7. The normalized spacial score (nSPS) is 11.3. The number of furan rings is 1. The minimum Gasteiger partial charge on any atom is -0.455 e. The molecular formula is C23H19BrN6O2. The van der Waals surface area contributed by atoms with Gasteiger partial charge in [-0.3, -0.25) is 4.79 Å². The molecule has 32 heavy (non-hydrogen) atoms. The van der Waals surface area contributed by atoms with Crippen LogP contribution in [0.25, 0.3) is 33.7 Å². The van der Waals surface area contributed by atoms with Gasteiger partial charge in [0.1, 0.15) is 17.2 Å². The number of halogens is 1. The Kier molecular flexibility index (Phi) is 5.40. The predicted molar refractivity (Wildman–Crippen MR) is 124 cm³/mol. The third kappa shape index (κ3) is 3.75. The molecule has 0 atom stereocenters. The maximum Gasteiger partial charge on any atom is 0.272 e. The maximum absolute atomic E-state index is 11.7. The second-order valence-corrected chi connectivity index (χ2v) is 8.22. The largest absolute Gasteiger partial charge is 0.455 e. The molecule has 0 fully saturated rings. The third-order valence-corrected chi connectivity index (χ3v) is 6.05. The molecular weight excluding hydrogens is 472 g/mol. The number of tetrazole rings is 1. The van der Waals surface area contributed by atoms with Crippen molar-refractivity contribution in [2.75, 3.05) is 0 Å². The Balaban J connectivity index is 1.56. The zero-order chi connectivity index (χ0) is 22.1. The Morgan fingerprint density at radius 3 is 2.75 bits per heavy atom. The predicted octanol–water partition coefficient (Wildman–Crippen LogP) is 4.60. The van der Waals surface area contributed by atoms with E-state index in [0.717, 1.165) is 50.8 Å². The number of nitrogens with zero attached hydrogens (tertiary/aromatic N) is 5. The highest BCUT2D eigenvalue weighted by Gasteiger charge is 2.19. The molecule has 0 bridgehead atoms. The van der Waals surface area contributed by atoms with Crippen LogP contribution in [0.5, 0.6) is 0 Å². The number of rotatable bonds is 6. The zero-order valence-electron chi connectivity index (χ0n) is 17.2. The summed E-state index contributed by atoms with van der Waals surface area (Å²) in [6.45, 7) is 2.69. The van der Waals surface area contributed by atoms with Gasteiger partial charge < -0.3 is 8.98 Å². The number of aryl methyl sites for hydroxylation is 1. The van der Waals surface area contributed by atoms with Crippen molar-refractivity contribution in [3.63, 3.8) is 0 Å². The lowest BCUT2D eigenvalue weighted by Gasteiger charge is -2.11. The van der Waals surface area contributed by atoms with Gasteiger partial charge >= 0.3 is 0 Å². The Hall–Kier alpha value is -3.59. The van der Waals surface area contributed by atoms with Crippen LogP contribution in [0.4, 0.5) is 0 Å². The van der Waals surface area contributed by atoms with Gasteiger partial charge in [0.25, 0.3) is 5.56 Å². The summed E-state index contributed by atoms with van der Waals surface area (Å²) < 4.78 is 9.10. The van der Waals surface area contributed by atoms with Crippen molar-refractivity contribution in [2.24, 2.45) is 0 Å². The lowest BCUT2D eigenvalue weighted by molar-refractivity contribution is 0.629. The first-order valence-electron chi connectivity index (χ1n) is 10.2. The molecule has 5 aromatic rings. The number of H-pyrrole nitrogens is 1. The van der Waals surface area contributed by atoms with Gasteiger partial charge in [0, 0.05) is 41.7 Å². The van der Waals surface area contributed by atoms with Gasteiger partial charge in [0.15, 0.2) is 5.82 Å². The molecule has 8 nitrogen and oxygen atoms in total. The fourth-order valence-corrected chi connectivity index (χ4v) is 4.38. The molecule has 1 N–H and O–H groups in total. The number of hydrogen-bond donors (Lipinski definition) is 1. The minimum atomic E-state index is -0.206. The van der Waals surface area contributed by atoms with Crippen LogP contribution in [0.1, 0.15) is 24.7 Å². The van der Waals surface area contributed by atoms with E-state index in [0.29, 0.717) is 18.1 Å². The number of benzene rings is 2. The monoisotopic (exact) mass is 490 g/mol. The average Bonchev–Trinajstić information content (AvgIpc) is 3.45. The molecule has 0 saturated heterocycles. The summed E-state index contributed by atoms with van der Waals surface area (Å²) >= 11 is 3.74. The van der Waals surface area contributed by atoms with Crippen molar-refractivity contribution < 1.29 is 4.42 Å². The quantitative estimate of drug-likeness (QED) is 0.373. The van der Waals surface area contributed by atoms with Crippen molar-refractivity contribution in [1.82, 2.24) is 30.2 Å². The van der Waals surface area contributed by atoms with Crippen LogP contribution >= 0.6 is 15.9 Å². The summed E-state index contributed by atoms with van der Waals surface area (Å²) in [5.74, 6) is 2.07. The summed E-state index contributed by atoms with van der Waals surface area (Å²) in [7, 11) is 0. The van der Waals surface area contributed by atoms with Crippen LogP contribution in [0.2, 0.25) is 0 Å². The minimum absolute atomic E-state index is 0.206. The molecule has 3 heterocycles. The lowest BCUT2D eigenvalue weighted by Crippen LogP contribution is -2.17. The Labute approximate surface area is 191 Å². The van der Waals surface area contributed by atoms with E-state index in [4.69, 9.17) is 4.42 Å². The first kappa shape index (κ1) is 20.3. The van der Waals surface area contributed by atoms with E-state index >= 15 is 0 Å². The number of aromatic nitrogens is 6. The molecule has 0 aliphatic carbocycles. The van der Waals surface area contributed by atoms with E-state index in [1.54, 1.807) is 0 Å². The molecule has 0 saturated carbocycles. The van der Waals surface area contributed by atoms with Crippen molar-refractivity contribution in [1.29, 1.82) is 0 Å². The van der Waals surface area contributed by atoms with E-state index < -0.39 is 0 Å². The Morgan fingerprint density at radius 1 is 1.12 bits per heavy atom. The van der Waals surface area contributed by atoms with E-state index in [2.05, 4.69) is 54.5 Å². The lowest BCUT2D eigenvalue weighted by atomic mass is 10.0. The highest BCUT2D eigenvalue weighted by Crippen LogP contribution is 2.41. The summed E-state index contributed by atoms with van der Waals surface area (Å²) in [6, 6.07) is 15.4. The van der Waals surface area contributed by atoms with Crippen LogP contribution in [0, 0.1) is 0 Å². The van der Waals surface area contributed by atoms with Gasteiger partial charge in [0.05, 0.1) is 4.47 Å². The smallest absolute Gasteiger partial charge is 0.272 e. The van der Waals surface area contributed by atoms with Crippen LogP contribution in [-0.2, 0) is 13.0 Å². The number of hydrogen-bond acceptors (Lipinski definition) is 6. The SMILES string of the molecule is CCCc1nc(=O)ccn1Cc1ccc2oc(-c3ccccc3-c3nnn[nH]3)c(Br)c2c1. The second kappa shape index (κ2) is 8.51. The summed E-state index contributed by atoms with van der Waals surface area (Å²) in [5.41, 5.74) is 3.38. The van der Waals surface area contributed by atoms with E-state index in [1.165, 1.54) is 6.07 Å². The van der Waals surface area contributed by atoms with E-state index in [1.807, 2.05) is 47.2 Å². The van der Waals surface area contributed by atoms with Crippen LogP contribution in [0.15, 0.2) is 68.4 Å². The van der Waals surface area contributed by atoms with Crippen molar-refractivity contribution >= 4 is 26.9 Å². The van der Waals surface area contributed by atoms with Crippen molar-refractivity contribution in [3.8, 4) is 22.7 Å². The standard InChI is InChI=1S/C23H19BrN6O2/c1-2-5-19-25-20(31)10-11-30(19)13-14-8-9-18-17(12-14)21(24)22(32-18)15-6-3-4-7-16(15)23-26-28-29-27-23/h3-4,6-12H,2,5,13H2,1H3,(H,26,27,28,29). The Morgan fingerprint density at radius 2 is 1.97 bits per heavy atom. The highest BCUT2D eigenvalue weighted by molar-refractivity contribution is 9.10. The fraction of sp³-hybridized carbons (Fsp3) is 0.174. The molecule has 0 spiro atoms. The zero-order valence-corrected chi connectivity index (χ0v) is 18.8. The average molecular weight is 491 g/mol. The first-order valence-corrected chi connectivity index (χ1v) is 11.0. The number of fused-ring (bicyclic) bond motifs is 1. The molecule has 0 aliphatic heterocycles. The molecule has 160 valence electrons. The first-order chi connectivity index (χ1) is 15.6. The van der Waals surface area contributed by atoms with Gasteiger partial charge in [-0.25, -0.2) is 5.10 Å². The van der Waals surface area contributed by atoms with Crippen molar-refractivity contribution in [2.45, 2.75) is 26.3 Å². The molecule has 0 aliphatic rings. The highest BCUT2D eigenvalue weighted by atomic mass is 79.9. The molecule has 9 heteroatoms. The van der Waals surface area contributed by atoms with E-state index in [9.17, 15) is 4.79 Å². The van der Waals surface area contributed by atoms with Crippen molar-refractivity contribution in [3.05, 3.63) is 80.9 Å². The van der Waals surface area contributed by atoms with Crippen LogP contribution in [-0.4, -0.2) is 30.2 Å². The molecule has 0 unspecified atom stereocenters. The van der Waals surface area contributed by atoms with Crippen LogP contribution < -0.4 is 5.56 Å². The van der Waals surface area contributed by atoms with Gasteiger partial charge in [-0.15, -0.1) is 5.10 Å². The van der Waals surface area contributed by atoms with Gasteiger partial charge in [-0.05, 0) is 50.5 Å². The molecule has 2 aromatic carbocycles. The number of aromatic amines is 1. The third-order valence-electron chi connectivity index (χ3n) is 5.26. The Bertz CT molecular complexity index is 1460. The van der Waals surface area contributed by atoms with Gasteiger partial charge in [0.2, 0.25) is 0 Å². The second-order valence-electron chi connectivity index (χ2n) is 7.43. The van der Waals surface area contributed by atoms with Gasteiger partial charge in [-0.1, -0.05) is 37.3 Å². The molecule has 3 aromatic heterocycles. The summed E-state index contributed by atoms with van der Waals surface area (Å²) in [4.78, 5) is 15.9.